The summed E-state index contributed by atoms with van der Waals surface area (Å²) in [5.41, 5.74) is 3.49. The summed E-state index contributed by atoms with van der Waals surface area (Å²) in [6.45, 7) is 0. The molecule has 84 valence electrons. The highest BCUT2D eigenvalue weighted by atomic mass is 35.5. The average Bonchev–Trinajstić information content (AvgIpc) is 2.34. The van der Waals surface area contributed by atoms with Crippen LogP contribution in [0.15, 0.2) is 41.3 Å². The van der Waals surface area contributed by atoms with Crippen LogP contribution in [0.4, 0.5) is 0 Å². The van der Waals surface area contributed by atoms with Gasteiger partial charge in [-0.05, 0) is 23.6 Å². The average molecular weight is 261 g/mol. The lowest BCUT2D eigenvalue weighted by atomic mass is 9.85. The van der Waals surface area contributed by atoms with Crippen molar-refractivity contribution in [3.63, 3.8) is 0 Å². The van der Waals surface area contributed by atoms with Gasteiger partial charge in [0.1, 0.15) is 0 Å². The molecular formula is C14H9ClOS. The van der Waals surface area contributed by atoms with E-state index < -0.39 is 0 Å². The zero-order valence-corrected chi connectivity index (χ0v) is 10.6. The van der Waals surface area contributed by atoms with Gasteiger partial charge in [0.05, 0.1) is 5.02 Å². The predicted octanol–water partition coefficient (Wildman–Crippen LogP) is 3.76. The summed E-state index contributed by atoms with van der Waals surface area (Å²) in [6.07, 6.45) is 0.766. The first-order chi connectivity index (χ1) is 8.18. The van der Waals surface area contributed by atoms with Gasteiger partial charge in [0.15, 0.2) is 5.78 Å². The van der Waals surface area contributed by atoms with Gasteiger partial charge in [-0.3, -0.25) is 4.79 Å². The van der Waals surface area contributed by atoms with E-state index in [9.17, 15) is 4.79 Å². The van der Waals surface area contributed by atoms with Gasteiger partial charge >= 0.3 is 0 Å². The van der Waals surface area contributed by atoms with Crippen LogP contribution in [0.3, 0.4) is 0 Å². The molecule has 0 fully saturated rings. The molecule has 0 aromatic heterocycles. The largest absolute Gasteiger partial charge is 0.289 e. The second-order valence-corrected chi connectivity index (χ2v) is 4.95. The summed E-state index contributed by atoms with van der Waals surface area (Å²) < 4.78 is 0. The Kier molecular flexibility index (Phi) is 2.49. The van der Waals surface area contributed by atoms with Gasteiger partial charge in [-0.15, -0.1) is 12.6 Å². The molecule has 0 unspecified atom stereocenters. The van der Waals surface area contributed by atoms with Crippen LogP contribution in [0.25, 0.3) is 0 Å². The standard InChI is InChI=1S/C14H9ClOS/c15-11-6-5-9-7-8-3-1-2-4-10(8)13(16)12(9)14(11)17/h1-6,17H,7H2. The van der Waals surface area contributed by atoms with Crippen molar-refractivity contribution in [1.29, 1.82) is 0 Å². The van der Waals surface area contributed by atoms with E-state index in [1.54, 1.807) is 6.07 Å². The van der Waals surface area contributed by atoms with Crippen LogP contribution in [0.1, 0.15) is 27.0 Å². The summed E-state index contributed by atoms with van der Waals surface area (Å²) in [5.74, 6) is 0.0225. The Morgan fingerprint density at radius 1 is 1.06 bits per heavy atom. The fourth-order valence-corrected chi connectivity index (χ4v) is 2.72. The van der Waals surface area contributed by atoms with E-state index in [1.807, 2.05) is 30.3 Å². The van der Waals surface area contributed by atoms with E-state index in [0.29, 0.717) is 15.5 Å². The minimum Gasteiger partial charge on any atom is -0.289 e. The van der Waals surface area contributed by atoms with Gasteiger partial charge in [-0.25, -0.2) is 0 Å². The first-order valence-electron chi connectivity index (χ1n) is 5.31. The normalized spacial score (nSPS) is 13.2. The first kappa shape index (κ1) is 10.9. The number of hydrogen-bond acceptors (Lipinski definition) is 2. The van der Waals surface area contributed by atoms with Gasteiger partial charge in [0.2, 0.25) is 0 Å². The van der Waals surface area contributed by atoms with Crippen molar-refractivity contribution in [1.82, 2.24) is 0 Å². The molecule has 0 saturated carbocycles. The molecule has 1 aliphatic rings. The molecule has 3 heteroatoms. The summed E-state index contributed by atoms with van der Waals surface area (Å²) in [5, 5.41) is 0.528. The molecule has 0 radical (unpaired) electrons. The van der Waals surface area contributed by atoms with Gasteiger partial charge < -0.3 is 0 Å². The number of fused-ring (bicyclic) bond motifs is 2. The van der Waals surface area contributed by atoms with Gasteiger partial charge in [-0.2, -0.15) is 0 Å². The van der Waals surface area contributed by atoms with Crippen molar-refractivity contribution in [3.05, 3.63) is 63.7 Å². The summed E-state index contributed by atoms with van der Waals surface area (Å²) in [7, 11) is 0. The Labute approximate surface area is 110 Å². The molecule has 1 aliphatic carbocycles. The van der Waals surface area contributed by atoms with E-state index in [1.165, 1.54) is 0 Å². The predicted molar refractivity (Wildman–Crippen MR) is 71.4 cm³/mol. The molecule has 0 atom stereocenters. The molecule has 1 nitrogen and oxygen atoms in total. The molecule has 0 spiro atoms. The first-order valence-corrected chi connectivity index (χ1v) is 6.14. The molecule has 0 saturated heterocycles. The third kappa shape index (κ3) is 1.60. The van der Waals surface area contributed by atoms with E-state index in [4.69, 9.17) is 11.6 Å². The number of halogens is 1. The van der Waals surface area contributed by atoms with Gasteiger partial charge in [-0.1, -0.05) is 41.9 Å². The third-order valence-corrected chi connectivity index (χ3v) is 4.00. The molecule has 0 aliphatic heterocycles. The SMILES string of the molecule is O=C1c2ccccc2Cc2ccc(Cl)c(S)c21. The van der Waals surface area contributed by atoms with E-state index in [2.05, 4.69) is 12.6 Å². The Balaban J connectivity index is 2.28. The zero-order chi connectivity index (χ0) is 12.0. The number of thiol groups is 1. The molecule has 2 aromatic carbocycles. The number of ketones is 1. The number of carbonyl (C=O) groups is 1. The second-order valence-electron chi connectivity index (χ2n) is 4.09. The number of benzene rings is 2. The van der Waals surface area contributed by atoms with Crippen LogP contribution in [0.2, 0.25) is 5.02 Å². The molecule has 0 bridgehead atoms. The number of rotatable bonds is 0. The number of hydrogen-bond donors (Lipinski definition) is 1. The fourth-order valence-electron chi connectivity index (χ4n) is 2.24. The molecule has 0 N–H and O–H groups in total. The fraction of sp³-hybridized carbons (Fsp3) is 0.0714. The maximum absolute atomic E-state index is 12.4. The van der Waals surface area contributed by atoms with Crippen molar-refractivity contribution < 1.29 is 4.79 Å². The van der Waals surface area contributed by atoms with Crippen molar-refractivity contribution in [3.8, 4) is 0 Å². The Hall–Kier alpha value is -1.25. The topological polar surface area (TPSA) is 17.1 Å². The quantitative estimate of drug-likeness (QED) is 0.609. The smallest absolute Gasteiger partial charge is 0.194 e. The van der Waals surface area contributed by atoms with Gasteiger partial charge in [0.25, 0.3) is 0 Å². The maximum Gasteiger partial charge on any atom is 0.194 e. The van der Waals surface area contributed by atoms with Crippen LogP contribution >= 0.6 is 24.2 Å². The third-order valence-electron chi connectivity index (χ3n) is 3.08. The van der Waals surface area contributed by atoms with Crippen LogP contribution in [0.5, 0.6) is 0 Å². The van der Waals surface area contributed by atoms with E-state index in [0.717, 1.165) is 23.1 Å². The van der Waals surface area contributed by atoms with Crippen LogP contribution in [-0.4, -0.2) is 5.78 Å². The van der Waals surface area contributed by atoms with Crippen LogP contribution in [-0.2, 0) is 6.42 Å². The van der Waals surface area contributed by atoms with Crippen molar-refractivity contribution in [2.45, 2.75) is 11.3 Å². The van der Waals surface area contributed by atoms with E-state index in [-0.39, 0.29) is 5.78 Å². The second kappa shape index (κ2) is 3.90. The minimum atomic E-state index is 0.0225. The highest BCUT2D eigenvalue weighted by Gasteiger charge is 2.25. The van der Waals surface area contributed by atoms with Gasteiger partial charge in [0, 0.05) is 16.0 Å². The maximum atomic E-state index is 12.4. The Morgan fingerprint density at radius 2 is 1.82 bits per heavy atom. The summed E-state index contributed by atoms with van der Waals surface area (Å²) in [6, 6.07) is 11.4. The van der Waals surface area contributed by atoms with Crippen molar-refractivity contribution >= 4 is 30.0 Å². The molecule has 0 amide bonds. The highest BCUT2D eigenvalue weighted by molar-refractivity contribution is 7.80. The monoisotopic (exact) mass is 260 g/mol. The molecule has 17 heavy (non-hydrogen) atoms. The molecule has 3 rings (SSSR count). The summed E-state index contributed by atoms with van der Waals surface area (Å²) in [4.78, 5) is 13.0. The highest BCUT2D eigenvalue weighted by Crippen LogP contribution is 2.34. The number of carbonyl (C=O) groups excluding carboxylic acids is 1. The van der Waals surface area contributed by atoms with E-state index >= 15 is 0 Å². The van der Waals surface area contributed by atoms with Crippen molar-refractivity contribution in [2.75, 3.05) is 0 Å². The lowest BCUT2D eigenvalue weighted by Gasteiger charge is -2.20. The molecular weight excluding hydrogens is 252 g/mol. The van der Waals surface area contributed by atoms with Crippen LogP contribution < -0.4 is 0 Å². The minimum absolute atomic E-state index is 0.0225. The van der Waals surface area contributed by atoms with Crippen molar-refractivity contribution in [2.24, 2.45) is 0 Å². The summed E-state index contributed by atoms with van der Waals surface area (Å²) >= 11 is 10.4. The Morgan fingerprint density at radius 3 is 2.65 bits per heavy atom. The zero-order valence-electron chi connectivity index (χ0n) is 8.90. The Bertz CT molecular complexity index is 634. The molecule has 2 aromatic rings. The molecule has 0 heterocycles. The van der Waals surface area contributed by atoms with Crippen LogP contribution in [0, 0.1) is 0 Å². The lowest BCUT2D eigenvalue weighted by molar-refractivity contribution is 0.103. The lowest BCUT2D eigenvalue weighted by Crippen LogP contribution is -2.15.